The summed E-state index contributed by atoms with van der Waals surface area (Å²) in [5.74, 6) is 0.852. The van der Waals surface area contributed by atoms with Gasteiger partial charge < -0.3 is 14.3 Å². The maximum Gasteiger partial charge on any atom is 0.209 e. The van der Waals surface area contributed by atoms with E-state index in [4.69, 9.17) is 9.15 Å². The summed E-state index contributed by atoms with van der Waals surface area (Å²) >= 11 is 0. The normalized spacial score (nSPS) is 27.7. The van der Waals surface area contributed by atoms with E-state index < -0.39 is 0 Å². The molecular weight excluding hydrogens is 323 g/mol. The van der Waals surface area contributed by atoms with Crippen molar-refractivity contribution in [1.29, 1.82) is 0 Å². The number of aromatic nitrogens is 1. The molecule has 0 unspecified atom stereocenters. The molecule has 2 saturated heterocycles. The number of aliphatic hydroxyl groups excluding tert-OH is 1. The molecule has 2 aliphatic heterocycles. The largest absolute Gasteiger partial charge is 0.439 e. The van der Waals surface area contributed by atoms with E-state index in [2.05, 4.69) is 9.88 Å². The van der Waals surface area contributed by atoms with Crippen LogP contribution >= 0.6 is 0 Å². The highest BCUT2D eigenvalue weighted by atomic mass is 19.1. The van der Waals surface area contributed by atoms with Crippen LogP contribution in [0.1, 0.15) is 25.2 Å². The van der Waals surface area contributed by atoms with E-state index in [-0.39, 0.29) is 23.9 Å². The molecule has 134 valence electrons. The van der Waals surface area contributed by atoms with Crippen LogP contribution in [0.3, 0.4) is 0 Å². The predicted octanol–water partition coefficient (Wildman–Crippen LogP) is 2.84. The Hall–Kier alpha value is -1.76. The van der Waals surface area contributed by atoms with Crippen molar-refractivity contribution in [2.75, 3.05) is 19.8 Å². The SMILES string of the molecule is O[C@@H]1CCOC[C@H]1[C@@H]1CCCN1Cc1ncc(-c2ccccc2F)o1. The minimum atomic E-state index is -0.313. The van der Waals surface area contributed by atoms with Gasteiger partial charge in [-0.25, -0.2) is 9.37 Å². The Kier molecular flexibility index (Phi) is 4.83. The van der Waals surface area contributed by atoms with Crippen molar-refractivity contribution in [2.45, 2.75) is 38.0 Å². The van der Waals surface area contributed by atoms with Crippen LogP contribution in [-0.4, -0.2) is 46.9 Å². The maximum atomic E-state index is 13.9. The van der Waals surface area contributed by atoms with Gasteiger partial charge in [0.1, 0.15) is 5.82 Å². The number of aliphatic hydroxyl groups is 1. The van der Waals surface area contributed by atoms with Crippen LogP contribution in [0, 0.1) is 11.7 Å². The summed E-state index contributed by atoms with van der Waals surface area (Å²) in [5, 5.41) is 10.3. The van der Waals surface area contributed by atoms with Gasteiger partial charge in [-0.2, -0.15) is 0 Å². The zero-order chi connectivity index (χ0) is 17.2. The third-order valence-corrected chi connectivity index (χ3v) is 5.30. The summed E-state index contributed by atoms with van der Waals surface area (Å²) in [5.41, 5.74) is 0.426. The molecule has 1 aromatic carbocycles. The minimum absolute atomic E-state index is 0.136. The number of halogens is 1. The van der Waals surface area contributed by atoms with Gasteiger partial charge in [0.05, 0.1) is 31.0 Å². The Balaban J connectivity index is 1.47. The van der Waals surface area contributed by atoms with Gasteiger partial charge in [0.2, 0.25) is 5.89 Å². The highest BCUT2D eigenvalue weighted by Crippen LogP contribution is 2.31. The second kappa shape index (κ2) is 7.23. The van der Waals surface area contributed by atoms with Crippen molar-refractivity contribution in [3.8, 4) is 11.3 Å². The van der Waals surface area contributed by atoms with Crippen LogP contribution in [0.25, 0.3) is 11.3 Å². The molecule has 0 bridgehead atoms. The van der Waals surface area contributed by atoms with Crippen molar-refractivity contribution in [3.05, 3.63) is 42.2 Å². The molecule has 2 aliphatic rings. The smallest absolute Gasteiger partial charge is 0.209 e. The van der Waals surface area contributed by atoms with E-state index in [1.165, 1.54) is 6.07 Å². The summed E-state index contributed by atoms with van der Waals surface area (Å²) in [6.07, 6.45) is 4.11. The second-order valence-corrected chi connectivity index (χ2v) is 6.87. The van der Waals surface area contributed by atoms with Gasteiger partial charge in [0.25, 0.3) is 0 Å². The molecule has 0 radical (unpaired) electrons. The van der Waals surface area contributed by atoms with E-state index in [1.54, 1.807) is 24.4 Å². The van der Waals surface area contributed by atoms with Gasteiger partial charge in [0.15, 0.2) is 5.76 Å². The van der Waals surface area contributed by atoms with Crippen LogP contribution in [0.5, 0.6) is 0 Å². The van der Waals surface area contributed by atoms with Crippen LogP contribution in [-0.2, 0) is 11.3 Å². The summed E-state index contributed by atoms with van der Waals surface area (Å²) in [4.78, 5) is 6.63. The number of oxazole rings is 1. The molecule has 0 aliphatic carbocycles. The fourth-order valence-electron chi connectivity index (χ4n) is 3.99. The molecule has 25 heavy (non-hydrogen) atoms. The van der Waals surface area contributed by atoms with Crippen molar-refractivity contribution in [1.82, 2.24) is 9.88 Å². The molecule has 2 aromatic rings. The van der Waals surface area contributed by atoms with Gasteiger partial charge in [-0.05, 0) is 37.9 Å². The van der Waals surface area contributed by atoms with Gasteiger partial charge in [-0.15, -0.1) is 0 Å². The summed E-state index contributed by atoms with van der Waals surface area (Å²) in [7, 11) is 0. The quantitative estimate of drug-likeness (QED) is 0.922. The van der Waals surface area contributed by atoms with Crippen molar-refractivity contribution in [2.24, 2.45) is 5.92 Å². The second-order valence-electron chi connectivity index (χ2n) is 6.87. The molecule has 4 rings (SSSR count). The molecule has 6 heteroatoms. The van der Waals surface area contributed by atoms with Gasteiger partial charge in [-0.1, -0.05) is 12.1 Å². The fraction of sp³-hybridized carbons (Fsp3) is 0.526. The molecule has 1 aromatic heterocycles. The number of hydrogen-bond donors (Lipinski definition) is 1. The summed E-state index contributed by atoms with van der Waals surface area (Å²) < 4.78 is 25.3. The molecule has 3 atom stereocenters. The van der Waals surface area contributed by atoms with Crippen molar-refractivity contribution in [3.63, 3.8) is 0 Å². The highest BCUT2D eigenvalue weighted by Gasteiger charge is 2.37. The zero-order valence-electron chi connectivity index (χ0n) is 14.1. The lowest BCUT2D eigenvalue weighted by Crippen LogP contribution is -2.45. The molecule has 0 saturated carbocycles. The van der Waals surface area contributed by atoms with Crippen molar-refractivity contribution < 1.29 is 18.7 Å². The number of rotatable bonds is 4. The Bertz CT molecular complexity index is 720. The first-order valence-electron chi connectivity index (χ1n) is 8.92. The van der Waals surface area contributed by atoms with E-state index in [1.807, 2.05) is 0 Å². The number of ether oxygens (including phenoxy) is 1. The third kappa shape index (κ3) is 3.47. The first-order chi connectivity index (χ1) is 12.2. The first-order valence-corrected chi connectivity index (χ1v) is 8.92. The molecule has 0 spiro atoms. The standard InChI is InChI=1S/C19H23FN2O3/c20-15-5-2-1-4-13(15)18-10-21-19(25-18)11-22-8-3-6-16(22)14-12-24-9-7-17(14)23/h1-2,4-5,10,14,16-17,23H,3,6-9,11-12H2/t14-,16-,17+/m0/s1. The average molecular weight is 346 g/mol. The number of nitrogens with zero attached hydrogens (tertiary/aromatic N) is 2. The van der Waals surface area contributed by atoms with Crippen molar-refractivity contribution >= 4 is 0 Å². The van der Waals surface area contributed by atoms with E-state index in [9.17, 15) is 9.50 Å². The monoisotopic (exact) mass is 346 g/mol. The lowest BCUT2D eigenvalue weighted by Gasteiger charge is -2.36. The first kappa shape index (κ1) is 16.7. The zero-order valence-corrected chi connectivity index (χ0v) is 14.1. The maximum absolute atomic E-state index is 13.9. The van der Waals surface area contributed by atoms with Crippen LogP contribution in [0.2, 0.25) is 0 Å². The molecule has 5 nitrogen and oxygen atoms in total. The molecule has 1 N–H and O–H groups in total. The Morgan fingerprint density at radius 3 is 3.00 bits per heavy atom. The topological polar surface area (TPSA) is 58.7 Å². The molecule has 0 amide bonds. The van der Waals surface area contributed by atoms with Crippen LogP contribution in [0.4, 0.5) is 4.39 Å². The van der Waals surface area contributed by atoms with Gasteiger partial charge in [-0.3, -0.25) is 4.90 Å². The van der Waals surface area contributed by atoms with Crippen LogP contribution in [0.15, 0.2) is 34.9 Å². The summed E-state index contributed by atoms with van der Waals surface area (Å²) in [6.45, 7) is 2.76. The lowest BCUT2D eigenvalue weighted by molar-refractivity contribution is -0.0643. The Morgan fingerprint density at radius 2 is 2.16 bits per heavy atom. The highest BCUT2D eigenvalue weighted by molar-refractivity contribution is 5.56. The Labute approximate surface area is 146 Å². The number of benzene rings is 1. The van der Waals surface area contributed by atoms with Gasteiger partial charge >= 0.3 is 0 Å². The van der Waals surface area contributed by atoms with E-state index in [0.29, 0.717) is 43.4 Å². The minimum Gasteiger partial charge on any atom is -0.439 e. The number of likely N-dealkylation sites (tertiary alicyclic amines) is 1. The molecular formula is C19H23FN2O3. The molecule has 3 heterocycles. The fourth-order valence-corrected chi connectivity index (χ4v) is 3.99. The van der Waals surface area contributed by atoms with Crippen LogP contribution < -0.4 is 0 Å². The molecule has 2 fully saturated rings. The average Bonchev–Trinajstić information content (AvgIpc) is 3.26. The third-order valence-electron chi connectivity index (χ3n) is 5.30. The lowest BCUT2D eigenvalue weighted by atomic mass is 9.89. The number of hydrogen-bond acceptors (Lipinski definition) is 5. The van der Waals surface area contributed by atoms with E-state index >= 15 is 0 Å². The van der Waals surface area contributed by atoms with E-state index in [0.717, 1.165) is 19.4 Å². The predicted molar refractivity (Wildman–Crippen MR) is 90.3 cm³/mol. The summed E-state index contributed by atoms with van der Waals surface area (Å²) in [6, 6.07) is 6.82. The van der Waals surface area contributed by atoms with Gasteiger partial charge in [0, 0.05) is 18.6 Å². The Morgan fingerprint density at radius 1 is 1.28 bits per heavy atom.